The van der Waals surface area contributed by atoms with Crippen molar-refractivity contribution in [2.75, 3.05) is 5.32 Å². The summed E-state index contributed by atoms with van der Waals surface area (Å²) >= 11 is 5.98. The molecule has 0 aliphatic heterocycles. The maximum Gasteiger partial charge on any atom is 0.248 e. The summed E-state index contributed by atoms with van der Waals surface area (Å²) in [4.78, 5) is 11.7. The van der Waals surface area contributed by atoms with Crippen molar-refractivity contribution in [2.45, 2.75) is 6.92 Å². The maximum atomic E-state index is 13.4. The van der Waals surface area contributed by atoms with E-state index in [9.17, 15) is 13.6 Å². The highest BCUT2D eigenvalue weighted by atomic mass is 35.5. The summed E-state index contributed by atoms with van der Waals surface area (Å²) < 4.78 is 26.8. The second-order valence-corrected chi connectivity index (χ2v) is 4.85. The molecule has 0 bridgehead atoms. The monoisotopic (exact) mass is 307 g/mol. The molecule has 2 nitrogen and oxygen atoms in total. The van der Waals surface area contributed by atoms with Gasteiger partial charge in [0.05, 0.1) is 10.7 Å². The topological polar surface area (TPSA) is 29.1 Å². The molecule has 0 heterocycles. The average molecular weight is 308 g/mol. The number of halogens is 3. The van der Waals surface area contributed by atoms with Gasteiger partial charge in [-0.25, -0.2) is 8.78 Å². The molecule has 0 saturated heterocycles. The summed E-state index contributed by atoms with van der Waals surface area (Å²) in [7, 11) is 0. The lowest BCUT2D eigenvalue weighted by Gasteiger charge is -2.05. The van der Waals surface area contributed by atoms with Gasteiger partial charge in [0.1, 0.15) is 11.6 Å². The largest absolute Gasteiger partial charge is 0.321 e. The van der Waals surface area contributed by atoms with Gasteiger partial charge in [-0.1, -0.05) is 23.7 Å². The quantitative estimate of drug-likeness (QED) is 0.826. The number of amides is 1. The van der Waals surface area contributed by atoms with Gasteiger partial charge in [-0.15, -0.1) is 0 Å². The third-order valence-electron chi connectivity index (χ3n) is 2.78. The van der Waals surface area contributed by atoms with Crippen molar-refractivity contribution in [1.29, 1.82) is 0 Å². The first-order chi connectivity index (χ1) is 9.97. The van der Waals surface area contributed by atoms with Crippen molar-refractivity contribution in [3.63, 3.8) is 0 Å². The van der Waals surface area contributed by atoms with Gasteiger partial charge in [-0.2, -0.15) is 0 Å². The molecule has 0 fully saturated rings. The fourth-order valence-electron chi connectivity index (χ4n) is 1.72. The number of hydrogen-bond acceptors (Lipinski definition) is 1. The van der Waals surface area contributed by atoms with Crippen LogP contribution < -0.4 is 5.32 Å². The normalized spacial score (nSPS) is 10.9. The van der Waals surface area contributed by atoms with E-state index in [0.717, 1.165) is 29.8 Å². The second-order valence-electron chi connectivity index (χ2n) is 4.44. The van der Waals surface area contributed by atoms with Crippen molar-refractivity contribution < 1.29 is 13.6 Å². The summed E-state index contributed by atoms with van der Waals surface area (Å²) in [5.74, 6) is -1.98. The minimum Gasteiger partial charge on any atom is -0.321 e. The molecule has 2 aromatic rings. The third kappa shape index (κ3) is 3.89. The van der Waals surface area contributed by atoms with Crippen molar-refractivity contribution in [3.05, 3.63) is 70.3 Å². The van der Waals surface area contributed by atoms with Crippen LogP contribution in [0.5, 0.6) is 0 Å². The van der Waals surface area contributed by atoms with Gasteiger partial charge in [-0.05, 0) is 42.8 Å². The zero-order chi connectivity index (χ0) is 15.4. The first-order valence-corrected chi connectivity index (χ1v) is 6.54. The molecule has 0 spiro atoms. The molecule has 0 aromatic heterocycles. The SMILES string of the molecule is Cc1ccc(NC(=O)/C=C/c2c(F)cccc2F)c(Cl)c1. The van der Waals surface area contributed by atoms with E-state index in [2.05, 4.69) is 5.32 Å². The van der Waals surface area contributed by atoms with Crippen LogP contribution in [0.3, 0.4) is 0 Å². The van der Waals surface area contributed by atoms with Crippen LogP contribution >= 0.6 is 11.6 Å². The van der Waals surface area contributed by atoms with Gasteiger partial charge in [-0.3, -0.25) is 4.79 Å². The highest BCUT2D eigenvalue weighted by molar-refractivity contribution is 6.33. The molecule has 1 N–H and O–H groups in total. The number of aryl methyl sites for hydroxylation is 1. The van der Waals surface area contributed by atoms with Gasteiger partial charge in [0.15, 0.2) is 0 Å². The van der Waals surface area contributed by atoms with E-state index < -0.39 is 17.5 Å². The maximum absolute atomic E-state index is 13.4. The minimum absolute atomic E-state index is 0.261. The predicted molar refractivity (Wildman–Crippen MR) is 80.2 cm³/mol. The molecule has 0 saturated carbocycles. The van der Waals surface area contributed by atoms with Gasteiger partial charge in [0.2, 0.25) is 5.91 Å². The fraction of sp³-hybridized carbons (Fsp3) is 0.0625. The summed E-state index contributed by atoms with van der Waals surface area (Å²) in [5.41, 5.74) is 1.13. The van der Waals surface area contributed by atoms with Crippen LogP contribution in [-0.2, 0) is 4.79 Å². The Morgan fingerprint density at radius 3 is 2.48 bits per heavy atom. The lowest BCUT2D eigenvalue weighted by molar-refractivity contribution is -0.111. The number of nitrogens with one attached hydrogen (secondary N) is 1. The molecule has 2 aromatic carbocycles. The van der Waals surface area contributed by atoms with Crippen LogP contribution in [-0.4, -0.2) is 5.91 Å². The van der Waals surface area contributed by atoms with Crippen LogP contribution in [0, 0.1) is 18.6 Å². The van der Waals surface area contributed by atoms with Gasteiger partial charge >= 0.3 is 0 Å². The van der Waals surface area contributed by atoms with Crippen molar-refractivity contribution in [3.8, 4) is 0 Å². The number of rotatable bonds is 3. The first-order valence-electron chi connectivity index (χ1n) is 6.16. The molecule has 1 amide bonds. The molecule has 0 unspecified atom stereocenters. The van der Waals surface area contributed by atoms with E-state index in [-0.39, 0.29) is 5.56 Å². The lowest BCUT2D eigenvalue weighted by Crippen LogP contribution is -2.08. The van der Waals surface area contributed by atoms with E-state index in [4.69, 9.17) is 11.6 Å². The standard InChI is InChI=1S/C16H12ClF2NO/c1-10-5-7-15(12(17)9-10)20-16(21)8-6-11-13(18)3-2-4-14(11)19/h2-9H,1H3,(H,20,21)/b8-6+. The molecular weight excluding hydrogens is 296 g/mol. The van der Waals surface area contributed by atoms with Crippen LogP contribution in [0.4, 0.5) is 14.5 Å². The van der Waals surface area contributed by atoms with E-state index in [0.29, 0.717) is 10.7 Å². The Morgan fingerprint density at radius 2 is 1.86 bits per heavy atom. The third-order valence-corrected chi connectivity index (χ3v) is 3.10. The van der Waals surface area contributed by atoms with E-state index in [1.54, 1.807) is 18.2 Å². The Hall–Kier alpha value is -2.20. The van der Waals surface area contributed by atoms with Crippen LogP contribution in [0.15, 0.2) is 42.5 Å². The number of carbonyl (C=O) groups excluding carboxylic acids is 1. The Labute approximate surface area is 126 Å². The number of carbonyl (C=O) groups is 1. The Kier molecular flexibility index (Phi) is 4.70. The van der Waals surface area contributed by atoms with Crippen LogP contribution in [0.2, 0.25) is 5.02 Å². The fourth-order valence-corrected chi connectivity index (χ4v) is 2.01. The Morgan fingerprint density at radius 1 is 1.19 bits per heavy atom. The van der Waals surface area contributed by atoms with E-state index >= 15 is 0 Å². The summed E-state index contributed by atoms with van der Waals surface area (Å²) in [6.07, 6.45) is 2.14. The highest BCUT2D eigenvalue weighted by Crippen LogP contribution is 2.22. The second kappa shape index (κ2) is 6.50. The number of benzene rings is 2. The van der Waals surface area contributed by atoms with Gasteiger partial charge in [0, 0.05) is 11.6 Å². The van der Waals surface area contributed by atoms with E-state index in [1.807, 2.05) is 6.92 Å². The van der Waals surface area contributed by atoms with E-state index in [1.165, 1.54) is 6.07 Å². The molecule has 0 aliphatic rings. The summed E-state index contributed by atoms with van der Waals surface area (Å²) in [5, 5.41) is 2.94. The minimum atomic E-state index is -0.729. The highest BCUT2D eigenvalue weighted by Gasteiger charge is 2.06. The van der Waals surface area contributed by atoms with Gasteiger partial charge in [0.25, 0.3) is 0 Å². The smallest absolute Gasteiger partial charge is 0.248 e. The molecule has 0 atom stereocenters. The Bertz CT molecular complexity index is 693. The van der Waals surface area contributed by atoms with Crippen molar-refractivity contribution in [1.82, 2.24) is 0 Å². The van der Waals surface area contributed by atoms with Crippen LogP contribution in [0.25, 0.3) is 6.08 Å². The average Bonchev–Trinajstić information content (AvgIpc) is 2.41. The zero-order valence-electron chi connectivity index (χ0n) is 11.2. The van der Waals surface area contributed by atoms with Gasteiger partial charge < -0.3 is 5.32 Å². The molecule has 108 valence electrons. The molecule has 2 rings (SSSR count). The lowest BCUT2D eigenvalue weighted by atomic mass is 10.2. The summed E-state index contributed by atoms with van der Waals surface area (Å²) in [6, 6.07) is 8.66. The molecule has 0 radical (unpaired) electrons. The van der Waals surface area contributed by atoms with Crippen LogP contribution in [0.1, 0.15) is 11.1 Å². The molecule has 21 heavy (non-hydrogen) atoms. The predicted octanol–water partition coefficient (Wildman–Crippen LogP) is 4.58. The number of hydrogen-bond donors (Lipinski definition) is 1. The zero-order valence-corrected chi connectivity index (χ0v) is 11.9. The van der Waals surface area contributed by atoms with Crippen molar-refractivity contribution in [2.24, 2.45) is 0 Å². The molecular formula is C16H12ClF2NO. The Balaban J connectivity index is 2.13. The number of anilines is 1. The van der Waals surface area contributed by atoms with Crippen molar-refractivity contribution >= 4 is 29.3 Å². The molecule has 0 aliphatic carbocycles. The first kappa shape index (κ1) is 15.2. The summed E-state index contributed by atoms with van der Waals surface area (Å²) in [6.45, 7) is 1.87. The molecule has 5 heteroatoms.